The highest BCUT2D eigenvalue weighted by atomic mass is 16.4. The van der Waals surface area contributed by atoms with Crippen molar-refractivity contribution < 1.29 is 24.9 Å². The highest BCUT2D eigenvalue weighted by molar-refractivity contribution is 5.84. The molecule has 0 aliphatic heterocycles. The van der Waals surface area contributed by atoms with Crippen molar-refractivity contribution in [3.05, 3.63) is 24.3 Å². The van der Waals surface area contributed by atoms with E-state index >= 15 is 0 Å². The number of carbonyl (C=O) groups excluding carboxylic acids is 1. The lowest BCUT2D eigenvalue weighted by atomic mass is 9.89. The third-order valence-corrected chi connectivity index (χ3v) is 4.71. The summed E-state index contributed by atoms with van der Waals surface area (Å²) in [6.07, 6.45) is 12.2. The van der Waals surface area contributed by atoms with Gasteiger partial charge in [0.15, 0.2) is 0 Å². The van der Waals surface area contributed by atoms with E-state index in [0.717, 1.165) is 12.8 Å². The zero-order chi connectivity index (χ0) is 18.7. The average molecular weight is 352 g/mol. The average Bonchev–Trinajstić information content (AvgIpc) is 2.82. The van der Waals surface area contributed by atoms with Gasteiger partial charge in [-0.15, -0.1) is 0 Å². The summed E-state index contributed by atoms with van der Waals surface area (Å²) in [6.45, 7) is 2.16. The molecule has 5 heteroatoms. The van der Waals surface area contributed by atoms with Gasteiger partial charge in [-0.3, -0.25) is 9.59 Å². The first-order chi connectivity index (χ1) is 12.0. The summed E-state index contributed by atoms with van der Waals surface area (Å²) in [5, 5.41) is 28.8. The van der Waals surface area contributed by atoms with Crippen LogP contribution in [-0.4, -0.2) is 39.3 Å². The smallest absolute Gasteiger partial charge is 0.303 e. The molecule has 0 spiro atoms. The standard InChI is InChI=1S/C20H32O5/c1-2-3-4-5-6-7-9-15(21)12-13-17-16(10-8-11-20(24)25)18(22)14-19(17)23/h6-7,12-13,15-17,19,21,23H,2-5,8-11,14H2,1H3,(H,24,25)/b7-6-,13-12+/t15-,16-,17+,19-/m0/s1. The fourth-order valence-corrected chi connectivity index (χ4v) is 3.27. The zero-order valence-corrected chi connectivity index (χ0v) is 15.1. The van der Waals surface area contributed by atoms with Crippen LogP contribution in [0.3, 0.4) is 0 Å². The Kier molecular flexibility index (Phi) is 10.3. The molecule has 1 saturated carbocycles. The number of rotatable bonds is 12. The molecule has 5 nitrogen and oxygen atoms in total. The Bertz CT molecular complexity index is 469. The summed E-state index contributed by atoms with van der Waals surface area (Å²) in [4.78, 5) is 22.6. The zero-order valence-electron chi connectivity index (χ0n) is 15.1. The van der Waals surface area contributed by atoms with Gasteiger partial charge in [0.25, 0.3) is 0 Å². The van der Waals surface area contributed by atoms with Crippen LogP contribution in [0.1, 0.15) is 64.7 Å². The fourth-order valence-electron chi connectivity index (χ4n) is 3.27. The van der Waals surface area contributed by atoms with Gasteiger partial charge < -0.3 is 15.3 Å². The number of allylic oxidation sites excluding steroid dienone is 1. The van der Waals surface area contributed by atoms with Gasteiger partial charge >= 0.3 is 5.97 Å². The minimum Gasteiger partial charge on any atom is -0.481 e. The van der Waals surface area contributed by atoms with E-state index in [1.807, 2.05) is 6.08 Å². The molecule has 142 valence electrons. The molecule has 0 bridgehead atoms. The quantitative estimate of drug-likeness (QED) is 0.370. The molecule has 0 aromatic carbocycles. The predicted molar refractivity (Wildman–Crippen MR) is 97.1 cm³/mol. The number of ketones is 1. The van der Waals surface area contributed by atoms with Crippen molar-refractivity contribution >= 4 is 11.8 Å². The second kappa shape index (κ2) is 12.0. The van der Waals surface area contributed by atoms with E-state index in [2.05, 4.69) is 13.0 Å². The topological polar surface area (TPSA) is 94.8 Å². The van der Waals surface area contributed by atoms with Gasteiger partial charge in [-0.05, 0) is 32.1 Å². The van der Waals surface area contributed by atoms with Crippen molar-refractivity contribution in [2.24, 2.45) is 11.8 Å². The molecule has 3 N–H and O–H groups in total. The largest absolute Gasteiger partial charge is 0.481 e. The highest BCUT2D eigenvalue weighted by Crippen LogP contribution is 2.34. The summed E-state index contributed by atoms with van der Waals surface area (Å²) in [7, 11) is 0. The molecule has 1 rings (SSSR count). The molecule has 1 aliphatic carbocycles. The van der Waals surface area contributed by atoms with Gasteiger partial charge in [-0.25, -0.2) is 0 Å². The number of unbranched alkanes of at least 4 members (excludes halogenated alkanes) is 3. The van der Waals surface area contributed by atoms with E-state index in [1.165, 1.54) is 12.8 Å². The van der Waals surface area contributed by atoms with Gasteiger partial charge in [0.1, 0.15) is 5.78 Å². The van der Waals surface area contributed by atoms with Crippen LogP contribution in [0.4, 0.5) is 0 Å². The third kappa shape index (κ3) is 8.45. The first kappa shape index (κ1) is 21.6. The summed E-state index contributed by atoms with van der Waals surface area (Å²) < 4.78 is 0. The molecule has 0 aromatic rings. The fraction of sp³-hybridized carbons (Fsp3) is 0.700. The number of aliphatic hydroxyl groups is 2. The van der Waals surface area contributed by atoms with Gasteiger partial charge in [0, 0.05) is 24.7 Å². The van der Waals surface area contributed by atoms with Crippen molar-refractivity contribution in [3.8, 4) is 0 Å². The highest BCUT2D eigenvalue weighted by Gasteiger charge is 2.39. The van der Waals surface area contributed by atoms with E-state index in [0.29, 0.717) is 19.3 Å². The number of carboxylic acid groups (broad SMARTS) is 1. The van der Waals surface area contributed by atoms with Gasteiger partial charge in [-0.1, -0.05) is 44.1 Å². The Balaban J connectivity index is 2.45. The van der Waals surface area contributed by atoms with Crippen LogP contribution in [0.25, 0.3) is 0 Å². The molecule has 4 atom stereocenters. The number of hydrogen-bond donors (Lipinski definition) is 3. The minimum absolute atomic E-state index is 0.0159. The summed E-state index contributed by atoms with van der Waals surface area (Å²) >= 11 is 0. The monoisotopic (exact) mass is 352 g/mol. The van der Waals surface area contributed by atoms with Crippen LogP contribution in [0, 0.1) is 11.8 Å². The predicted octanol–water partition coefficient (Wildman–Crippen LogP) is 3.25. The normalized spacial score (nSPS) is 25.2. The van der Waals surface area contributed by atoms with E-state index < -0.39 is 18.2 Å². The number of aliphatic carboxylic acids is 1. The van der Waals surface area contributed by atoms with Gasteiger partial charge in [-0.2, -0.15) is 0 Å². The van der Waals surface area contributed by atoms with Crippen LogP contribution in [0.5, 0.6) is 0 Å². The first-order valence-electron chi connectivity index (χ1n) is 9.39. The number of aliphatic hydroxyl groups excluding tert-OH is 2. The Morgan fingerprint density at radius 2 is 2.04 bits per heavy atom. The lowest BCUT2D eigenvalue weighted by molar-refractivity contribution is -0.137. The van der Waals surface area contributed by atoms with Crippen LogP contribution < -0.4 is 0 Å². The Labute approximate surface area is 150 Å². The molecule has 1 aliphatic rings. The molecule has 0 radical (unpaired) electrons. The molecular weight excluding hydrogens is 320 g/mol. The maximum atomic E-state index is 12.0. The molecule has 1 fully saturated rings. The van der Waals surface area contributed by atoms with Crippen molar-refractivity contribution in [2.45, 2.75) is 76.9 Å². The minimum atomic E-state index is -0.876. The maximum Gasteiger partial charge on any atom is 0.303 e. The first-order valence-corrected chi connectivity index (χ1v) is 9.39. The molecule has 0 unspecified atom stereocenters. The molecule has 25 heavy (non-hydrogen) atoms. The summed E-state index contributed by atoms with van der Waals surface area (Å²) in [5.74, 6) is -1.57. The van der Waals surface area contributed by atoms with Crippen molar-refractivity contribution in [1.29, 1.82) is 0 Å². The Morgan fingerprint density at radius 3 is 2.72 bits per heavy atom. The molecule has 0 saturated heterocycles. The second-order valence-corrected chi connectivity index (χ2v) is 6.86. The lowest BCUT2D eigenvalue weighted by Crippen LogP contribution is -2.19. The van der Waals surface area contributed by atoms with Crippen LogP contribution >= 0.6 is 0 Å². The third-order valence-electron chi connectivity index (χ3n) is 4.71. The number of carbonyl (C=O) groups is 2. The molecule has 0 amide bonds. The van der Waals surface area contributed by atoms with Crippen molar-refractivity contribution in [3.63, 3.8) is 0 Å². The van der Waals surface area contributed by atoms with E-state index in [-0.39, 0.29) is 30.5 Å². The summed E-state index contributed by atoms with van der Waals surface area (Å²) in [5.41, 5.74) is 0. The number of hydrogen-bond acceptors (Lipinski definition) is 4. The van der Waals surface area contributed by atoms with Crippen LogP contribution in [0.2, 0.25) is 0 Å². The Hall–Kier alpha value is -1.46. The van der Waals surface area contributed by atoms with E-state index in [9.17, 15) is 19.8 Å². The maximum absolute atomic E-state index is 12.0. The van der Waals surface area contributed by atoms with E-state index in [1.54, 1.807) is 12.2 Å². The van der Waals surface area contributed by atoms with Gasteiger partial charge in [0.05, 0.1) is 12.2 Å². The Morgan fingerprint density at radius 1 is 1.28 bits per heavy atom. The lowest BCUT2D eigenvalue weighted by Gasteiger charge is -2.17. The SMILES string of the molecule is CCCCC/C=C\C[C@H](O)/C=C/[C@@H]1[C@H](CCCC(=O)O)C(=O)C[C@@H]1O. The van der Waals surface area contributed by atoms with Crippen molar-refractivity contribution in [2.75, 3.05) is 0 Å². The molecule has 0 heterocycles. The van der Waals surface area contributed by atoms with Crippen LogP contribution in [-0.2, 0) is 9.59 Å². The second-order valence-electron chi connectivity index (χ2n) is 6.86. The number of Topliss-reactive ketones (excluding diaryl/α,β-unsaturated/α-hetero) is 1. The van der Waals surface area contributed by atoms with Gasteiger partial charge in [0.2, 0.25) is 0 Å². The summed E-state index contributed by atoms with van der Waals surface area (Å²) in [6, 6.07) is 0. The van der Waals surface area contributed by atoms with E-state index in [4.69, 9.17) is 5.11 Å². The number of carboxylic acids is 1. The molecular formula is C20H32O5. The molecule has 0 aromatic heterocycles. The van der Waals surface area contributed by atoms with Crippen molar-refractivity contribution in [1.82, 2.24) is 0 Å². The van der Waals surface area contributed by atoms with Crippen LogP contribution in [0.15, 0.2) is 24.3 Å².